The van der Waals surface area contributed by atoms with Crippen LogP contribution in [0, 0.1) is 0 Å². The SMILES string of the molecule is CCS(=O)(=O)Oc1cccc(N=C=O)c1. The highest BCUT2D eigenvalue weighted by Gasteiger charge is 2.08. The Morgan fingerprint density at radius 1 is 1.47 bits per heavy atom. The Kier molecular flexibility index (Phi) is 3.60. The molecule has 0 aliphatic rings. The molecule has 0 aliphatic carbocycles. The van der Waals surface area contributed by atoms with Crippen molar-refractivity contribution in [2.45, 2.75) is 6.92 Å². The van der Waals surface area contributed by atoms with Crippen molar-refractivity contribution in [3.63, 3.8) is 0 Å². The summed E-state index contributed by atoms with van der Waals surface area (Å²) in [5.41, 5.74) is 0.300. The highest BCUT2D eigenvalue weighted by Crippen LogP contribution is 2.20. The second kappa shape index (κ2) is 4.72. The van der Waals surface area contributed by atoms with Gasteiger partial charge in [-0.1, -0.05) is 6.07 Å². The van der Waals surface area contributed by atoms with E-state index in [1.54, 1.807) is 0 Å². The minimum absolute atomic E-state index is 0.117. The van der Waals surface area contributed by atoms with Crippen molar-refractivity contribution in [1.82, 2.24) is 0 Å². The van der Waals surface area contributed by atoms with E-state index in [0.717, 1.165) is 0 Å². The summed E-state index contributed by atoms with van der Waals surface area (Å²) in [5, 5.41) is 0. The summed E-state index contributed by atoms with van der Waals surface area (Å²) in [6.45, 7) is 1.47. The summed E-state index contributed by atoms with van der Waals surface area (Å²) < 4.78 is 26.9. The summed E-state index contributed by atoms with van der Waals surface area (Å²) >= 11 is 0. The van der Waals surface area contributed by atoms with E-state index in [-0.39, 0.29) is 11.5 Å². The number of isocyanates is 1. The number of carbonyl (C=O) groups excluding carboxylic acids is 1. The first kappa shape index (κ1) is 11.4. The van der Waals surface area contributed by atoms with E-state index in [2.05, 4.69) is 4.99 Å². The van der Waals surface area contributed by atoms with Gasteiger partial charge in [-0.05, 0) is 19.1 Å². The Balaban J connectivity index is 2.97. The Hall–Kier alpha value is -1.65. The molecule has 0 heterocycles. The number of hydrogen-bond acceptors (Lipinski definition) is 5. The molecule has 6 heteroatoms. The maximum absolute atomic E-state index is 11.1. The van der Waals surface area contributed by atoms with Crippen LogP contribution in [-0.2, 0) is 14.9 Å². The molecule has 5 nitrogen and oxygen atoms in total. The molecule has 0 radical (unpaired) electrons. The first-order chi connectivity index (χ1) is 7.07. The Bertz CT molecular complexity index is 489. The molecule has 0 saturated carbocycles. The smallest absolute Gasteiger partial charge is 0.308 e. The summed E-state index contributed by atoms with van der Waals surface area (Å²) in [4.78, 5) is 13.3. The summed E-state index contributed by atoms with van der Waals surface area (Å²) in [5.74, 6) is 0.0158. The lowest BCUT2D eigenvalue weighted by atomic mass is 10.3. The third-order valence-corrected chi connectivity index (χ3v) is 2.72. The normalized spacial score (nSPS) is 10.5. The average molecular weight is 227 g/mol. The fourth-order valence-corrected chi connectivity index (χ4v) is 1.38. The highest BCUT2D eigenvalue weighted by molar-refractivity contribution is 7.87. The van der Waals surface area contributed by atoms with Gasteiger partial charge in [0.05, 0.1) is 11.4 Å². The standard InChI is InChI=1S/C9H9NO4S/c1-2-15(12,13)14-9-5-3-4-8(6-9)10-7-11/h3-6H,2H2,1H3. The van der Waals surface area contributed by atoms with Crippen LogP contribution in [-0.4, -0.2) is 20.3 Å². The van der Waals surface area contributed by atoms with Crippen LogP contribution in [0.25, 0.3) is 0 Å². The van der Waals surface area contributed by atoms with E-state index in [1.807, 2.05) is 0 Å². The Morgan fingerprint density at radius 3 is 2.80 bits per heavy atom. The summed E-state index contributed by atoms with van der Waals surface area (Å²) in [6, 6.07) is 5.89. The lowest BCUT2D eigenvalue weighted by Crippen LogP contribution is -2.11. The lowest BCUT2D eigenvalue weighted by molar-refractivity contribution is 0.487. The fraction of sp³-hybridized carbons (Fsp3) is 0.222. The monoisotopic (exact) mass is 227 g/mol. The van der Waals surface area contributed by atoms with Crippen LogP contribution >= 0.6 is 0 Å². The van der Waals surface area contributed by atoms with Crippen molar-refractivity contribution in [1.29, 1.82) is 0 Å². The molecule has 0 spiro atoms. The zero-order valence-electron chi connectivity index (χ0n) is 8.00. The van der Waals surface area contributed by atoms with Gasteiger partial charge in [0, 0.05) is 6.07 Å². The molecule has 0 aromatic heterocycles. The third kappa shape index (κ3) is 3.53. The molecular weight excluding hydrogens is 218 g/mol. The van der Waals surface area contributed by atoms with Gasteiger partial charge in [-0.3, -0.25) is 0 Å². The lowest BCUT2D eigenvalue weighted by Gasteiger charge is -2.04. The Morgan fingerprint density at radius 2 is 2.20 bits per heavy atom. The molecule has 0 bridgehead atoms. The largest absolute Gasteiger partial charge is 0.382 e. The zero-order valence-corrected chi connectivity index (χ0v) is 8.82. The van der Waals surface area contributed by atoms with Crippen molar-refractivity contribution in [3.05, 3.63) is 24.3 Å². The minimum Gasteiger partial charge on any atom is -0.382 e. The summed E-state index contributed by atoms with van der Waals surface area (Å²) in [7, 11) is -3.54. The van der Waals surface area contributed by atoms with E-state index in [9.17, 15) is 13.2 Å². The van der Waals surface area contributed by atoms with Gasteiger partial charge < -0.3 is 4.18 Å². The van der Waals surface area contributed by atoms with Gasteiger partial charge in [0.1, 0.15) is 5.75 Å². The number of nitrogens with zero attached hydrogens (tertiary/aromatic N) is 1. The second-order valence-electron chi connectivity index (χ2n) is 2.63. The number of aliphatic imine (C=N–C) groups is 1. The minimum atomic E-state index is -3.54. The van der Waals surface area contributed by atoms with Crippen LogP contribution in [0.2, 0.25) is 0 Å². The zero-order chi connectivity index (χ0) is 11.3. The maximum Gasteiger partial charge on any atom is 0.308 e. The van der Waals surface area contributed by atoms with E-state index < -0.39 is 10.1 Å². The molecule has 1 rings (SSSR count). The maximum atomic E-state index is 11.1. The molecule has 80 valence electrons. The van der Waals surface area contributed by atoms with Crippen LogP contribution in [0.4, 0.5) is 5.69 Å². The van der Waals surface area contributed by atoms with Gasteiger partial charge >= 0.3 is 10.1 Å². The highest BCUT2D eigenvalue weighted by atomic mass is 32.2. The molecule has 0 N–H and O–H groups in total. The van der Waals surface area contributed by atoms with Gasteiger partial charge in [-0.2, -0.15) is 13.4 Å². The molecule has 0 unspecified atom stereocenters. The summed E-state index contributed by atoms with van der Waals surface area (Å²) in [6.07, 6.45) is 1.36. The average Bonchev–Trinajstić information content (AvgIpc) is 2.18. The van der Waals surface area contributed by atoms with Crippen LogP contribution in [0.5, 0.6) is 5.75 Å². The van der Waals surface area contributed by atoms with Crippen LogP contribution in [0.15, 0.2) is 29.3 Å². The molecule has 1 aromatic rings. The molecule has 15 heavy (non-hydrogen) atoms. The number of rotatable bonds is 4. The van der Waals surface area contributed by atoms with E-state index >= 15 is 0 Å². The van der Waals surface area contributed by atoms with Crippen molar-refractivity contribution < 1.29 is 17.4 Å². The first-order valence-corrected chi connectivity index (χ1v) is 5.75. The van der Waals surface area contributed by atoms with Gasteiger partial charge in [0.15, 0.2) is 0 Å². The van der Waals surface area contributed by atoms with Crippen molar-refractivity contribution in [2.24, 2.45) is 4.99 Å². The van der Waals surface area contributed by atoms with Crippen molar-refractivity contribution in [3.8, 4) is 5.75 Å². The molecule has 0 fully saturated rings. The molecule has 0 aliphatic heterocycles. The topological polar surface area (TPSA) is 72.8 Å². The van der Waals surface area contributed by atoms with Crippen LogP contribution in [0.3, 0.4) is 0 Å². The van der Waals surface area contributed by atoms with Crippen LogP contribution < -0.4 is 4.18 Å². The van der Waals surface area contributed by atoms with Gasteiger partial charge in [0.2, 0.25) is 6.08 Å². The molecular formula is C9H9NO4S. The van der Waals surface area contributed by atoms with E-state index in [0.29, 0.717) is 5.69 Å². The van der Waals surface area contributed by atoms with Gasteiger partial charge in [0.25, 0.3) is 0 Å². The Labute approximate surface area is 87.5 Å². The van der Waals surface area contributed by atoms with Crippen molar-refractivity contribution in [2.75, 3.05) is 5.75 Å². The van der Waals surface area contributed by atoms with E-state index in [4.69, 9.17) is 4.18 Å². The number of hydrogen-bond donors (Lipinski definition) is 0. The van der Waals surface area contributed by atoms with Crippen LogP contribution in [0.1, 0.15) is 6.92 Å². The van der Waals surface area contributed by atoms with Gasteiger partial charge in [-0.15, -0.1) is 0 Å². The molecule has 0 amide bonds. The van der Waals surface area contributed by atoms with Gasteiger partial charge in [-0.25, -0.2) is 4.79 Å². The number of benzene rings is 1. The molecule has 1 aromatic carbocycles. The molecule has 0 atom stereocenters. The van der Waals surface area contributed by atoms with Crippen molar-refractivity contribution >= 4 is 21.9 Å². The predicted molar refractivity (Wildman–Crippen MR) is 54.3 cm³/mol. The van der Waals surface area contributed by atoms with E-state index in [1.165, 1.54) is 37.3 Å². The molecule has 0 saturated heterocycles. The second-order valence-corrected chi connectivity index (χ2v) is 4.49. The predicted octanol–water partition coefficient (Wildman–Crippen LogP) is 1.38. The first-order valence-electron chi connectivity index (χ1n) is 4.17. The quantitative estimate of drug-likeness (QED) is 0.442. The fourth-order valence-electron chi connectivity index (χ4n) is 0.863. The third-order valence-electron chi connectivity index (χ3n) is 1.57.